The lowest BCUT2D eigenvalue weighted by Crippen LogP contribution is -2.05. The standard InChI is InChI=1S/C24H23N5O4/c1-14-25-11-20(15-3-5-16(6-4-15)23-28-22(12-30)29-33-23)24(27-14)32-13-17-9-19(17)21-8-7-18(31-2)10-26-21/h3-8,10-11,17,19,30H,9,12-13H2,1-2H3. The van der Waals surface area contributed by atoms with E-state index < -0.39 is 0 Å². The van der Waals surface area contributed by atoms with Gasteiger partial charge in [0.2, 0.25) is 5.88 Å². The zero-order valence-electron chi connectivity index (χ0n) is 18.3. The number of hydrogen-bond donors (Lipinski definition) is 1. The van der Waals surface area contributed by atoms with Crippen LogP contribution in [0, 0.1) is 12.8 Å². The quantitative estimate of drug-likeness (QED) is 0.434. The number of ether oxygens (including phenoxy) is 2. The van der Waals surface area contributed by atoms with E-state index in [4.69, 9.17) is 19.1 Å². The smallest absolute Gasteiger partial charge is 0.258 e. The van der Waals surface area contributed by atoms with Crippen LogP contribution >= 0.6 is 0 Å². The largest absolute Gasteiger partial charge is 0.495 e. The topological polar surface area (TPSA) is 116 Å². The number of nitrogens with zero attached hydrogens (tertiary/aromatic N) is 5. The summed E-state index contributed by atoms with van der Waals surface area (Å²) in [6, 6.07) is 11.6. The molecule has 0 saturated heterocycles. The minimum absolute atomic E-state index is 0.250. The predicted molar refractivity (Wildman–Crippen MR) is 119 cm³/mol. The molecule has 0 spiro atoms. The molecule has 1 aromatic carbocycles. The van der Waals surface area contributed by atoms with Gasteiger partial charge in [-0.25, -0.2) is 4.98 Å². The van der Waals surface area contributed by atoms with Crippen LogP contribution in [-0.2, 0) is 6.61 Å². The SMILES string of the molecule is COc1ccc(C2CC2COc2nc(C)ncc2-c2ccc(-c3nc(CO)no3)cc2)nc1. The molecule has 33 heavy (non-hydrogen) atoms. The molecule has 0 radical (unpaired) electrons. The lowest BCUT2D eigenvalue weighted by atomic mass is 10.1. The predicted octanol–water partition coefficient (Wildman–Crippen LogP) is 3.58. The maximum absolute atomic E-state index is 9.12. The molecule has 9 heteroatoms. The molecule has 168 valence electrons. The third-order valence-electron chi connectivity index (χ3n) is 5.66. The van der Waals surface area contributed by atoms with E-state index in [1.807, 2.05) is 43.3 Å². The minimum Gasteiger partial charge on any atom is -0.495 e. The monoisotopic (exact) mass is 445 g/mol. The minimum atomic E-state index is -0.265. The highest BCUT2D eigenvalue weighted by Crippen LogP contribution is 2.47. The highest BCUT2D eigenvalue weighted by atomic mass is 16.5. The Balaban J connectivity index is 1.29. The van der Waals surface area contributed by atoms with Crippen molar-refractivity contribution in [2.24, 2.45) is 5.92 Å². The van der Waals surface area contributed by atoms with E-state index in [2.05, 4.69) is 25.1 Å². The van der Waals surface area contributed by atoms with Crippen LogP contribution in [-0.4, -0.2) is 43.9 Å². The Bertz CT molecular complexity index is 1240. The lowest BCUT2D eigenvalue weighted by Gasteiger charge is -2.11. The van der Waals surface area contributed by atoms with Gasteiger partial charge in [0.1, 0.15) is 18.2 Å². The molecule has 1 saturated carbocycles. The molecular formula is C24H23N5O4. The number of aliphatic hydroxyl groups excluding tert-OH is 1. The second kappa shape index (κ2) is 8.95. The van der Waals surface area contributed by atoms with Crippen LogP contribution in [0.1, 0.15) is 29.7 Å². The van der Waals surface area contributed by atoms with E-state index in [1.54, 1.807) is 19.5 Å². The fourth-order valence-corrected chi connectivity index (χ4v) is 3.70. The van der Waals surface area contributed by atoms with E-state index >= 15 is 0 Å². The molecule has 3 aromatic heterocycles. The van der Waals surface area contributed by atoms with Gasteiger partial charge in [-0.3, -0.25) is 4.98 Å². The Labute approximate surface area is 190 Å². The number of aliphatic hydroxyl groups is 1. The Kier molecular flexibility index (Phi) is 5.70. The van der Waals surface area contributed by atoms with Crippen LogP contribution in [0.2, 0.25) is 0 Å². The van der Waals surface area contributed by atoms with Gasteiger partial charge < -0.3 is 19.1 Å². The molecule has 2 unspecified atom stereocenters. The first kappa shape index (κ1) is 21.0. The summed E-state index contributed by atoms with van der Waals surface area (Å²) in [5.74, 6) is 3.36. The van der Waals surface area contributed by atoms with Crippen LogP contribution < -0.4 is 9.47 Å². The van der Waals surface area contributed by atoms with Gasteiger partial charge in [0.25, 0.3) is 5.89 Å². The lowest BCUT2D eigenvalue weighted by molar-refractivity contribution is 0.264. The molecule has 1 aliphatic rings. The number of pyridine rings is 1. The van der Waals surface area contributed by atoms with Crippen LogP contribution in [0.25, 0.3) is 22.6 Å². The summed E-state index contributed by atoms with van der Waals surface area (Å²) in [6.45, 7) is 2.14. The molecule has 0 bridgehead atoms. The summed E-state index contributed by atoms with van der Waals surface area (Å²) in [4.78, 5) is 17.5. The first-order valence-electron chi connectivity index (χ1n) is 10.6. The van der Waals surface area contributed by atoms with E-state index in [1.165, 1.54) is 0 Å². The number of hydrogen-bond acceptors (Lipinski definition) is 9. The van der Waals surface area contributed by atoms with Crippen molar-refractivity contribution in [3.8, 4) is 34.2 Å². The van der Waals surface area contributed by atoms with Gasteiger partial charge in [-0.15, -0.1) is 0 Å². The van der Waals surface area contributed by atoms with Crippen molar-refractivity contribution >= 4 is 0 Å². The molecule has 3 heterocycles. The molecule has 0 amide bonds. The fourth-order valence-electron chi connectivity index (χ4n) is 3.70. The normalized spacial score (nSPS) is 17.1. The Hall–Kier alpha value is -3.85. The average molecular weight is 445 g/mol. The summed E-state index contributed by atoms with van der Waals surface area (Å²) in [5, 5.41) is 12.8. The Morgan fingerprint density at radius 3 is 2.55 bits per heavy atom. The van der Waals surface area contributed by atoms with Crippen LogP contribution in [0.3, 0.4) is 0 Å². The van der Waals surface area contributed by atoms with Gasteiger partial charge >= 0.3 is 0 Å². The third kappa shape index (κ3) is 4.54. The highest BCUT2D eigenvalue weighted by Gasteiger charge is 2.40. The van der Waals surface area contributed by atoms with Crippen LogP contribution in [0.4, 0.5) is 0 Å². The molecule has 1 N–H and O–H groups in total. The van der Waals surface area contributed by atoms with Crippen molar-refractivity contribution in [1.82, 2.24) is 25.1 Å². The molecule has 2 atom stereocenters. The number of methoxy groups -OCH3 is 1. The van der Waals surface area contributed by atoms with Gasteiger partial charge in [0.05, 0.1) is 25.5 Å². The molecule has 1 fully saturated rings. The summed E-state index contributed by atoms with van der Waals surface area (Å²) in [5.41, 5.74) is 3.55. The number of benzene rings is 1. The molecule has 0 aliphatic heterocycles. The first-order valence-corrected chi connectivity index (χ1v) is 10.6. The summed E-state index contributed by atoms with van der Waals surface area (Å²) < 4.78 is 16.5. The van der Waals surface area contributed by atoms with Crippen LogP contribution in [0.5, 0.6) is 11.6 Å². The van der Waals surface area contributed by atoms with Gasteiger partial charge in [-0.2, -0.15) is 9.97 Å². The third-order valence-corrected chi connectivity index (χ3v) is 5.66. The van der Waals surface area contributed by atoms with Gasteiger partial charge in [-0.1, -0.05) is 17.3 Å². The maximum Gasteiger partial charge on any atom is 0.258 e. The summed E-state index contributed by atoms with van der Waals surface area (Å²) >= 11 is 0. The van der Waals surface area contributed by atoms with Crippen molar-refractivity contribution in [3.63, 3.8) is 0 Å². The second-order valence-corrected chi connectivity index (χ2v) is 7.92. The number of aromatic nitrogens is 5. The van der Waals surface area contributed by atoms with Crippen molar-refractivity contribution in [2.45, 2.75) is 25.9 Å². The highest BCUT2D eigenvalue weighted by molar-refractivity contribution is 5.70. The van der Waals surface area contributed by atoms with Crippen LogP contribution in [0.15, 0.2) is 53.3 Å². The van der Waals surface area contributed by atoms with E-state index in [-0.39, 0.29) is 12.4 Å². The number of rotatable bonds is 8. The fraction of sp³-hybridized carbons (Fsp3) is 0.292. The second-order valence-electron chi connectivity index (χ2n) is 7.92. The maximum atomic E-state index is 9.12. The van der Waals surface area contributed by atoms with Crippen molar-refractivity contribution in [2.75, 3.05) is 13.7 Å². The van der Waals surface area contributed by atoms with Crippen molar-refractivity contribution in [3.05, 3.63) is 66.1 Å². The molecular weight excluding hydrogens is 422 g/mol. The van der Waals surface area contributed by atoms with E-state index in [9.17, 15) is 0 Å². The Morgan fingerprint density at radius 1 is 1.03 bits per heavy atom. The van der Waals surface area contributed by atoms with E-state index in [0.717, 1.165) is 34.6 Å². The average Bonchev–Trinajstić information content (AvgIpc) is 3.48. The molecule has 5 rings (SSSR count). The van der Waals surface area contributed by atoms with Crippen molar-refractivity contribution in [1.29, 1.82) is 0 Å². The van der Waals surface area contributed by atoms with Gasteiger partial charge in [0.15, 0.2) is 5.82 Å². The first-order chi connectivity index (χ1) is 16.1. The Morgan fingerprint density at radius 2 is 1.85 bits per heavy atom. The molecule has 4 aromatic rings. The summed E-state index contributed by atoms with van der Waals surface area (Å²) in [7, 11) is 1.64. The zero-order valence-corrected chi connectivity index (χ0v) is 18.3. The molecule has 9 nitrogen and oxygen atoms in total. The number of aryl methyl sites for hydroxylation is 1. The van der Waals surface area contributed by atoms with E-state index in [0.29, 0.717) is 36.0 Å². The van der Waals surface area contributed by atoms with Gasteiger partial charge in [0, 0.05) is 29.3 Å². The van der Waals surface area contributed by atoms with Gasteiger partial charge in [-0.05, 0) is 43.2 Å². The molecule has 1 aliphatic carbocycles. The zero-order chi connectivity index (χ0) is 22.8. The van der Waals surface area contributed by atoms with Crippen molar-refractivity contribution < 1.29 is 19.1 Å². The summed E-state index contributed by atoms with van der Waals surface area (Å²) in [6.07, 6.45) is 4.56.